The summed E-state index contributed by atoms with van der Waals surface area (Å²) in [5.74, 6) is -0.678. The van der Waals surface area contributed by atoms with Crippen molar-refractivity contribution in [2.75, 3.05) is 18.0 Å². The lowest BCUT2D eigenvalue weighted by Crippen LogP contribution is -2.70. The number of hydrogen-bond acceptors (Lipinski definition) is 6. The number of fused-ring (bicyclic) bond motifs is 7. The third-order valence-electron chi connectivity index (χ3n) is 8.08. The molecule has 5 heterocycles. The Balaban J connectivity index is 1.61. The van der Waals surface area contributed by atoms with Crippen LogP contribution in [0, 0.1) is 12.3 Å². The summed E-state index contributed by atoms with van der Waals surface area (Å²) >= 11 is 0. The molecule has 37 heavy (non-hydrogen) atoms. The Morgan fingerprint density at radius 2 is 1.89 bits per heavy atom. The molecule has 1 saturated heterocycles. The lowest BCUT2D eigenvalue weighted by molar-refractivity contribution is -0.154. The molecule has 0 saturated carbocycles. The zero-order valence-electron chi connectivity index (χ0n) is 21.0. The van der Waals surface area contributed by atoms with Gasteiger partial charge in [0.15, 0.2) is 5.41 Å². The average molecular weight is 500 g/mol. The van der Waals surface area contributed by atoms with Gasteiger partial charge in [-0.15, -0.1) is 0 Å². The third-order valence-corrected chi connectivity index (χ3v) is 8.08. The molecular formula is C28H29N5O4. The van der Waals surface area contributed by atoms with E-state index in [9.17, 15) is 19.2 Å². The molecular weight excluding hydrogens is 470 g/mol. The number of unbranched alkanes of at least 4 members (excludes halogenated alkanes) is 2. The Morgan fingerprint density at radius 1 is 1.08 bits per heavy atom. The molecule has 0 aliphatic carbocycles. The summed E-state index contributed by atoms with van der Waals surface area (Å²) in [4.78, 5) is 62.9. The molecule has 0 bridgehead atoms. The minimum absolute atomic E-state index is 0.122. The summed E-state index contributed by atoms with van der Waals surface area (Å²) in [7, 11) is 0. The van der Waals surface area contributed by atoms with Crippen molar-refractivity contribution < 1.29 is 14.4 Å². The summed E-state index contributed by atoms with van der Waals surface area (Å²) in [6.07, 6.45) is 4.66. The van der Waals surface area contributed by atoms with E-state index in [1.165, 1.54) is 9.30 Å². The number of rotatable bonds is 4. The molecule has 9 nitrogen and oxygen atoms in total. The fraction of sp³-hybridized carbons (Fsp3) is 0.393. The van der Waals surface area contributed by atoms with E-state index >= 15 is 0 Å². The lowest BCUT2D eigenvalue weighted by Gasteiger charge is -2.53. The van der Waals surface area contributed by atoms with Crippen LogP contribution in [0.1, 0.15) is 54.5 Å². The highest BCUT2D eigenvalue weighted by atomic mass is 16.2. The molecule has 9 heteroatoms. The van der Waals surface area contributed by atoms with Crippen molar-refractivity contribution in [3.8, 4) is 0 Å². The average Bonchev–Trinajstić information content (AvgIpc) is 2.90. The maximum Gasteiger partial charge on any atom is 0.330 e. The van der Waals surface area contributed by atoms with Crippen LogP contribution in [0.5, 0.6) is 0 Å². The Kier molecular flexibility index (Phi) is 5.40. The molecule has 6 rings (SSSR count). The SMILES string of the molecule is CCCCCN1C(=O)NC(=O)[C@]2(Cc3c(nc4c(C)cccn4c3=O)N3CCc4ccccc4[C@H]32)C1=O. The van der Waals surface area contributed by atoms with E-state index in [1.54, 1.807) is 12.3 Å². The van der Waals surface area contributed by atoms with Gasteiger partial charge in [-0.1, -0.05) is 50.1 Å². The van der Waals surface area contributed by atoms with Gasteiger partial charge in [-0.3, -0.25) is 29.0 Å². The van der Waals surface area contributed by atoms with Crippen molar-refractivity contribution in [2.24, 2.45) is 5.41 Å². The van der Waals surface area contributed by atoms with E-state index in [0.29, 0.717) is 36.4 Å². The van der Waals surface area contributed by atoms with Gasteiger partial charge in [0.05, 0.1) is 11.6 Å². The first-order chi connectivity index (χ1) is 17.9. The van der Waals surface area contributed by atoms with E-state index in [4.69, 9.17) is 4.98 Å². The van der Waals surface area contributed by atoms with Gasteiger partial charge in [-0.05, 0) is 42.5 Å². The number of urea groups is 1. The zero-order chi connectivity index (χ0) is 25.9. The quantitative estimate of drug-likeness (QED) is 0.437. The summed E-state index contributed by atoms with van der Waals surface area (Å²) in [6.45, 7) is 4.67. The van der Waals surface area contributed by atoms with Crippen LogP contribution in [0.2, 0.25) is 0 Å². The largest absolute Gasteiger partial charge is 0.347 e. The lowest BCUT2D eigenvalue weighted by atomic mass is 9.65. The molecule has 2 aromatic heterocycles. The molecule has 3 aromatic rings. The Bertz CT molecular complexity index is 1530. The number of amides is 4. The van der Waals surface area contributed by atoms with Crippen LogP contribution in [-0.2, 0) is 22.4 Å². The fourth-order valence-electron chi connectivity index (χ4n) is 6.24. The topological polar surface area (TPSA) is 104 Å². The van der Waals surface area contributed by atoms with Crippen LogP contribution < -0.4 is 15.8 Å². The standard InChI is InChI=1S/C28H29N5O4/c1-3-4-7-13-33-26(36)28(25(35)30-27(33)37)16-20-23(29-22-17(2)9-8-14-32(22)24(20)34)31-15-12-18-10-5-6-11-19(18)21(28)31/h5-6,8-11,14,21H,3-4,7,12-13,15-16H2,1-2H3,(H,30,35,37)/t21-,28+/m0/s1. The first-order valence-electron chi connectivity index (χ1n) is 12.9. The number of aryl methyl sites for hydroxylation is 1. The molecule has 1 spiro atoms. The number of barbiturate groups is 1. The van der Waals surface area contributed by atoms with Crippen LogP contribution in [0.4, 0.5) is 10.6 Å². The van der Waals surface area contributed by atoms with Crippen molar-refractivity contribution in [1.82, 2.24) is 19.6 Å². The highest BCUT2D eigenvalue weighted by Gasteiger charge is 2.64. The van der Waals surface area contributed by atoms with Crippen molar-refractivity contribution in [2.45, 2.75) is 52.0 Å². The van der Waals surface area contributed by atoms with Crippen LogP contribution >= 0.6 is 0 Å². The molecule has 2 atom stereocenters. The molecule has 4 amide bonds. The number of anilines is 1. The van der Waals surface area contributed by atoms with Crippen molar-refractivity contribution in [1.29, 1.82) is 0 Å². The van der Waals surface area contributed by atoms with Crippen LogP contribution in [0.25, 0.3) is 5.65 Å². The Morgan fingerprint density at radius 3 is 2.70 bits per heavy atom. The molecule has 3 aliphatic heterocycles. The van der Waals surface area contributed by atoms with E-state index in [-0.39, 0.29) is 18.5 Å². The Labute approximate surface area is 214 Å². The number of imide groups is 2. The molecule has 1 fully saturated rings. The number of aromatic nitrogens is 2. The predicted molar refractivity (Wildman–Crippen MR) is 137 cm³/mol. The first-order valence-corrected chi connectivity index (χ1v) is 12.9. The second kappa shape index (κ2) is 8.54. The number of nitrogens with one attached hydrogen (secondary N) is 1. The monoisotopic (exact) mass is 499 g/mol. The van der Waals surface area contributed by atoms with Gasteiger partial charge in [-0.25, -0.2) is 9.78 Å². The molecule has 1 N–H and O–H groups in total. The van der Waals surface area contributed by atoms with Gasteiger partial charge >= 0.3 is 6.03 Å². The second-order valence-corrected chi connectivity index (χ2v) is 10.2. The minimum atomic E-state index is -1.66. The fourth-order valence-corrected chi connectivity index (χ4v) is 6.24. The smallest absolute Gasteiger partial charge is 0.330 e. The van der Waals surface area contributed by atoms with E-state index in [0.717, 1.165) is 29.5 Å². The minimum Gasteiger partial charge on any atom is -0.347 e. The number of pyridine rings is 1. The van der Waals surface area contributed by atoms with Crippen LogP contribution in [0.15, 0.2) is 47.4 Å². The van der Waals surface area contributed by atoms with Crippen LogP contribution in [-0.4, -0.2) is 45.2 Å². The highest BCUT2D eigenvalue weighted by Crippen LogP contribution is 2.52. The van der Waals surface area contributed by atoms with Crippen molar-refractivity contribution in [3.63, 3.8) is 0 Å². The highest BCUT2D eigenvalue weighted by molar-refractivity contribution is 6.20. The third kappa shape index (κ3) is 3.26. The van der Waals surface area contributed by atoms with Gasteiger partial charge in [-0.2, -0.15) is 0 Å². The summed E-state index contributed by atoms with van der Waals surface area (Å²) < 4.78 is 1.48. The van der Waals surface area contributed by atoms with E-state index in [1.807, 2.05) is 49.1 Å². The van der Waals surface area contributed by atoms with Gasteiger partial charge < -0.3 is 4.90 Å². The molecule has 0 unspecified atom stereocenters. The van der Waals surface area contributed by atoms with Crippen LogP contribution in [0.3, 0.4) is 0 Å². The molecule has 0 radical (unpaired) electrons. The predicted octanol–water partition coefficient (Wildman–Crippen LogP) is 2.92. The number of nitrogens with zero attached hydrogens (tertiary/aromatic N) is 4. The number of carbonyl (C=O) groups is 3. The molecule has 3 aliphatic rings. The van der Waals surface area contributed by atoms with E-state index < -0.39 is 29.3 Å². The molecule has 1 aromatic carbocycles. The maximum atomic E-state index is 14.3. The van der Waals surface area contributed by atoms with Crippen molar-refractivity contribution in [3.05, 3.63) is 75.2 Å². The number of hydrogen-bond donors (Lipinski definition) is 1. The van der Waals surface area contributed by atoms with Gasteiger partial charge in [0.2, 0.25) is 11.8 Å². The number of carbonyl (C=O) groups excluding carboxylic acids is 3. The summed E-state index contributed by atoms with van der Waals surface area (Å²) in [6, 6.07) is 10.1. The Hall–Kier alpha value is -4.01. The zero-order valence-corrected chi connectivity index (χ0v) is 21.0. The summed E-state index contributed by atoms with van der Waals surface area (Å²) in [5.41, 5.74) is 1.68. The maximum absolute atomic E-state index is 14.3. The van der Waals surface area contributed by atoms with Gasteiger partial charge in [0.1, 0.15) is 11.5 Å². The van der Waals surface area contributed by atoms with Gasteiger partial charge in [0, 0.05) is 25.7 Å². The van der Waals surface area contributed by atoms with Crippen molar-refractivity contribution >= 4 is 29.3 Å². The first kappa shape index (κ1) is 23.4. The van der Waals surface area contributed by atoms with Gasteiger partial charge in [0.25, 0.3) is 5.56 Å². The molecule has 190 valence electrons. The summed E-state index contributed by atoms with van der Waals surface area (Å²) in [5, 5.41) is 2.48. The second-order valence-electron chi connectivity index (χ2n) is 10.2. The number of benzene rings is 1. The normalized spacial score (nSPS) is 22.6. The van der Waals surface area contributed by atoms with E-state index in [2.05, 4.69) is 5.32 Å².